The molecular weight excluding hydrogens is 386 g/mol. The number of primary sulfonamides is 1. The van der Waals surface area contributed by atoms with Crippen molar-refractivity contribution in [1.29, 1.82) is 0 Å². The Bertz CT molecular complexity index is 1280. The van der Waals surface area contributed by atoms with Crippen molar-refractivity contribution < 1.29 is 8.42 Å². The van der Waals surface area contributed by atoms with E-state index in [2.05, 4.69) is 32.4 Å². The minimum absolute atomic E-state index is 0.120. The van der Waals surface area contributed by atoms with Crippen LogP contribution in [0.5, 0.6) is 0 Å². The molecule has 0 aliphatic heterocycles. The molecule has 0 atom stereocenters. The summed E-state index contributed by atoms with van der Waals surface area (Å²) in [4.78, 5) is 12.3. The van der Waals surface area contributed by atoms with E-state index in [4.69, 9.17) is 5.14 Å². The number of aromatic nitrogens is 3. The van der Waals surface area contributed by atoms with Crippen LogP contribution in [-0.2, 0) is 16.4 Å². The maximum absolute atomic E-state index is 11.5. The van der Waals surface area contributed by atoms with Crippen molar-refractivity contribution in [2.24, 2.45) is 5.14 Å². The number of nitrogens with two attached hydrogens (primary N) is 1. The summed E-state index contributed by atoms with van der Waals surface area (Å²) in [5.74, 6) is 1.40. The van der Waals surface area contributed by atoms with Crippen molar-refractivity contribution in [3.63, 3.8) is 0 Å². The van der Waals surface area contributed by atoms with Gasteiger partial charge in [0.2, 0.25) is 10.0 Å². The minimum atomic E-state index is -3.70. The van der Waals surface area contributed by atoms with Gasteiger partial charge in [-0.25, -0.2) is 23.5 Å². The van der Waals surface area contributed by atoms with Crippen LogP contribution in [0.3, 0.4) is 0 Å². The molecule has 0 bridgehead atoms. The van der Waals surface area contributed by atoms with Gasteiger partial charge in [-0.1, -0.05) is 24.3 Å². The normalized spacial score (nSPS) is 11.7. The van der Waals surface area contributed by atoms with E-state index >= 15 is 0 Å². The van der Waals surface area contributed by atoms with Crippen LogP contribution < -0.4 is 10.5 Å². The zero-order valence-electron chi connectivity index (χ0n) is 15.9. The highest BCUT2D eigenvalue weighted by Gasteiger charge is 2.09. The van der Waals surface area contributed by atoms with E-state index in [-0.39, 0.29) is 4.90 Å². The molecule has 2 aromatic carbocycles. The predicted molar refractivity (Wildman–Crippen MR) is 114 cm³/mol. The molecule has 0 amide bonds. The summed E-state index contributed by atoms with van der Waals surface area (Å²) in [6.07, 6.45) is 2.55. The molecule has 8 heteroatoms. The Kier molecular flexibility index (Phi) is 5.04. The lowest BCUT2D eigenvalue weighted by atomic mass is 10.1. The Hall–Kier alpha value is -3.23. The molecule has 7 nitrogen and oxygen atoms in total. The van der Waals surface area contributed by atoms with Crippen molar-refractivity contribution in [2.45, 2.75) is 18.2 Å². The van der Waals surface area contributed by atoms with E-state index in [0.29, 0.717) is 18.8 Å². The van der Waals surface area contributed by atoms with Crippen molar-refractivity contribution in [2.75, 3.05) is 11.9 Å². The molecule has 0 aliphatic carbocycles. The number of H-pyrrole nitrogens is 1. The standard InChI is InChI=1S/C21H21N5O2S/c1-14-25-20(17-6-5-16-8-10-23-19(16)12-17)13-21(26-14)24-9-7-15-3-2-4-18(11-15)29(22,27)28/h2-6,8,10-13,23H,7,9H2,1H3,(H2,22,27,28)(H,24,25,26). The fourth-order valence-corrected chi connectivity index (χ4v) is 3.81. The number of benzene rings is 2. The molecule has 0 spiro atoms. The average molecular weight is 407 g/mol. The third-order valence-corrected chi connectivity index (χ3v) is 5.55. The number of aromatic amines is 1. The van der Waals surface area contributed by atoms with Gasteiger partial charge in [0.15, 0.2) is 0 Å². The number of fused-ring (bicyclic) bond motifs is 1. The van der Waals surface area contributed by atoms with Crippen LogP contribution in [0.15, 0.2) is 65.7 Å². The Morgan fingerprint density at radius 2 is 1.93 bits per heavy atom. The topological polar surface area (TPSA) is 114 Å². The fourth-order valence-electron chi connectivity index (χ4n) is 3.23. The number of hydrogen-bond donors (Lipinski definition) is 3. The average Bonchev–Trinajstić information content (AvgIpc) is 3.15. The molecule has 148 valence electrons. The SMILES string of the molecule is Cc1nc(NCCc2cccc(S(N)(=O)=O)c2)cc(-c2ccc3cc[nH]c3c2)n1. The Morgan fingerprint density at radius 3 is 2.76 bits per heavy atom. The van der Waals surface area contributed by atoms with Gasteiger partial charge in [-0.15, -0.1) is 0 Å². The lowest BCUT2D eigenvalue weighted by Crippen LogP contribution is -2.13. The first-order valence-electron chi connectivity index (χ1n) is 9.17. The molecule has 29 heavy (non-hydrogen) atoms. The number of sulfonamides is 1. The van der Waals surface area contributed by atoms with Gasteiger partial charge in [-0.05, 0) is 48.6 Å². The van der Waals surface area contributed by atoms with Crippen LogP contribution in [0.25, 0.3) is 22.2 Å². The molecule has 2 heterocycles. The highest BCUT2D eigenvalue weighted by atomic mass is 32.2. The highest BCUT2D eigenvalue weighted by Crippen LogP contribution is 2.24. The summed E-state index contributed by atoms with van der Waals surface area (Å²) < 4.78 is 23.0. The summed E-state index contributed by atoms with van der Waals surface area (Å²) >= 11 is 0. The maximum Gasteiger partial charge on any atom is 0.238 e. The summed E-state index contributed by atoms with van der Waals surface area (Å²) in [6.45, 7) is 2.46. The molecular formula is C21H21N5O2S. The number of hydrogen-bond acceptors (Lipinski definition) is 5. The second-order valence-corrected chi connectivity index (χ2v) is 8.40. The molecule has 0 fully saturated rings. The molecule has 0 aliphatic rings. The molecule has 2 aromatic heterocycles. The third-order valence-electron chi connectivity index (χ3n) is 4.64. The van der Waals surface area contributed by atoms with Gasteiger partial charge in [0.05, 0.1) is 10.6 Å². The van der Waals surface area contributed by atoms with E-state index in [0.717, 1.165) is 33.5 Å². The summed E-state index contributed by atoms with van der Waals surface area (Å²) in [5.41, 5.74) is 3.79. The van der Waals surface area contributed by atoms with Crippen LogP contribution in [-0.4, -0.2) is 29.9 Å². The largest absolute Gasteiger partial charge is 0.370 e. The Balaban J connectivity index is 1.50. The minimum Gasteiger partial charge on any atom is -0.370 e. The first-order chi connectivity index (χ1) is 13.9. The van der Waals surface area contributed by atoms with Crippen LogP contribution in [0, 0.1) is 6.92 Å². The summed E-state index contributed by atoms with van der Waals surface area (Å²) in [6, 6.07) is 16.8. The van der Waals surface area contributed by atoms with Crippen LogP contribution in [0.4, 0.5) is 5.82 Å². The van der Waals surface area contributed by atoms with Crippen LogP contribution >= 0.6 is 0 Å². The fraction of sp³-hybridized carbons (Fsp3) is 0.143. The van der Waals surface area contributed by atoms with Gasteiger partial charge >= 0.3 is 0 Å². The first kappa shape index (κ1) is 19.1. The summed E-state index contributed by atoms with van der Waals surface area (Å²) in [7, 11) is -3.70. The van der Waals surface area contributed by atoms with E-state index in [1.807, 2.05) is 37.4 Å². The second-order valence-electron chi connectivity index (χ2n) is 6.83. The van der Waals surface area contributed by atoms with Gasteiger partial charge in [-0.3, -0.25) is 0 Å². The van der Waals surface area contributed by atoms with Gasteiger partial charge in [0, 0.05) is 29.9 Å². The van der Waals surface area contributed by atoms with E-state index in [1.54, 1.807) is 12.1 Å². The molecule has 4 N–H and O–H groups in total. The van der Waals surface area contributed by atoms with Crippen molar-refractivity contribution in [3.8, 4) is 11.3 Å². The predicted octanol–water partition coefficient (Wildman–Crippen LogP) is 3.24. The number of nitrogens with zero attached hydrogens (tertiary/aromatic N) is 2. The number of rotatable bonds is 6. The molecule has 4 rings (SSSR count). The Labute approximate surface area is 169 Å². The molecule has 0 unspecified atom stereocenters. The monoisotopic (exact) mass is 407 g/mol. The number of anilines is 1. The van der Waals surface area contributed by atoms with Gasteiger partial charge in [0.1, 0.15) is 11.6 Å². The number of aryl methyl sites for hydroxylation is 1. The highest BCUT2D eigenvalue weighted by molar-refractivity contribution is 7.89. The summed E-state index contributed by atoms with van der Waals surface area (Å²) in [5, 5.41) is 9.65. The quantitative estimate of drug-likeness (QED) is 0.454. The first-order valence-corrected chi connectivity index (χ1v) is 10.7. The second kappa shape index (κ2) is 7.65. The lowest BCUT2D eigenvalue weighted by molar-refractivity contribution is 0.597. The molecule has 0 saturated heterocycles. The van der Waals surface area contributed by atoms with Crippen LogP contribution in [0.2, 0.25) is 0 Å². The molecule has 0 radical (unpaired) electrons. The van der Waals surface area contributed by atoms with Crippen molar-refractivity contribution in [1.82, 2.24) is 15.0 Å². The van der Waals surface area contributed by atoms with E-state index in [1.165, 1.54) is 6.07 Å². The van der Waals surface area contributed by atoms with Crippen LogP contribution in [0.1, 0.15) is 11.4 Å². The Morgan fingerprint density at radius 1 is 1.07 bits per heavy atom. The molecule has 4 aromatic rings. The zero-order valence-corrected chi connectivity index (χ0v) is 16.7. The smallest absolute Gasteiger partial charge is 0.238 e. The van der Waals surface area contributed by atoms with Crippen molar-refractivity contribution in [3.05, 3.63) is 72.2 Å². The van der Waals surface area contributed by atoms with Gasteiger partial charge < -0.3 is 10.3 Å². The third kappa shape index (κ3) is 4.44. The van der Waals surface area contributed by atoms with E-state index in [9.17, 15) is 8.42 Å². The van der Waals surface area contributed by atoms with Gasteiger partial charge in [-0.2, -0.15) is 0 Å². The van der Waals surface area contributed by atoms with Crippen molar-refractivity contribution >= 4 is 26.7 Å². The number of nitrogens with one attached hydrogen (secondary N) is 2. The maximum atomic E-state index is 11.5. The van der Waals surface area contributed by atoms with Gasteiger partial charge in [0.25, 0.3) is 0 Å². The molecule has 0 saturated carbocycles. The lowest BCUT2D eigenvalue weighted by Gasteiger charge is -2.10. The van der Waals surface area contributed by atoms with E-state index < -0.39 is 10.0 Å². The zero-order chi connectivity index (χ0) is 20.4.